The van der Waals surface area contributed by atoms with Gasteiger partial charge in [0, 0.05) is 12.0 Å². The molecule has 0 spiro atoms. The molecule has 1 atom stereocenters. The third-order valence-electron chi connectivity index (χ3n) is 3.43. The average Bonchev–Trinajstić information content (AvgIpc) is 2.38. The fourth-order valence-corrected chi connectivity index (χ4v) is 2.47. The van der Waals surface area contributed by atoms with Crippen molar-refractivity contribution < 1.29 is 4.79 Å². The van der Waals surface area contributed by atoms with Crippen LogP contribution >= 0.6 is 0 Å². The van der Waals surface area contributed by atoms with Gasteiger partial charge in [0.2, 0.25) is 5.91 Å². The van der Waals surface area contributed by atoms with Crippen LogP contribution in [0.1, 0.15) is 39.0 Å². The number of nitrogens with zero attached hydrogens (tertiary/aromatic N) is 1. The van der Waals surface area contributed by atoms with E-state index in [1.807, 2.05) is 0 Å². The SMILES string of the molecule is CCCNC1(CC(N)=O)CCCN(C)CC1. The molecule has 4 nitrogen and oxygen atoms in total. The predicted octanol–water partition coefficient (Wildman–Crippen LogP) is 0.716. The Kier molecular flexibility index (Phi) is 5.22. The zero-order valence-corrected chi connectivity index (χ0v) is 10.6. The number of hydrogen-bond acceptors (Lipinski definition) is 3. The van der Waals surface area contributed by atoms with Crippen molar-refractivity contribution in [3.63, 3.8) is 0 Å². The Balaban J connectivity index is 2.64. The summed E-state index contributed by atoms with van der Waals surface area (Å²) in [6, 6.07) is 0. The maximum atomic E-state index is 11.2. The third-order valence-corrected chi connectivity index (χ3v) is 3.43. The summed E-state index contributed by atoms with van der Waals surface area (Å²) in [5.74, 6) is -0.187. The first-order valence-electron chi connectivity index (χ1n) is 6.30. The van der Waals surface area contributed by atoms with Crippen LogP contribution in [0, 0.1) is 0 Å². The number of carbonyl (C=O) groups is 1. The van der Waals surface area contributed by atoms with Crippen LogP contribution in [0.15, 0.2) is 0 Å². The van der Waals surface area contributed by atoms with Crippen molar-refractivity contribution in [1.29, 1.82) is 0 Å². The minimum absolute atomic E-state index is 0.0490. The Hall–Kier alpha value is -0.610. The molecule has 1 rings (SSSR count). The van der Waals surface area contributed by atoms with Crippen molar-refractivity contribution in [2.75, 3.05) is 26.7 Å². The molecule has 1 unspecified atom stereocenters. The minimum Gasteiger partial charge on any atom is -0.370 e. The molecule has 4 heteroatoms. The molecule has 0 aromatic rings. The first-order chi connectivity index (χ1) is 7.58. The van der Waals surface area contributed by atoms with E-state index in [2.05, 4.69) is 24.2 Å². The van der Waals surface area contributed by atoms with E-state index in [4.69, 9.17) is 5.73 Å². The maximum absolute atomic E-state index is 11.2. The van der Waals surface area contributed by atoms with E-state index < -0.39 is 0 Å². The zero-order chi connectivity index (χ0) is 12.0. The molecule has 1 aliphatic rings. The standard InChI is InChI=1S/C12H25N3O/c1-3-7-14-12(10-11(13)16)5-4-8-15(2)9-6-12/h14H,3-10H2,1-2H3,(H2,13,16). The number of primary amides is 1. The quantitative estimate of drug-likeness (QED) is 0.727. The molecular weight excluding hydrogens is 202 g/mol. The number of carbonyl (C=O) groups excluding carboxylic acids is 1. The fraction of sp³-hybridized carbons (Fsp3) is 0.917. The van der Waals surface area contributed by atoms with Crippen LogP contribution < -0.4 is 11.1 Å². The lowest BCUT2D eigenvalue weighted by Crippen LogP contribution is -2.48. The van der Waals surface area contributed by atoms with Gasteiger partial charge >= 0.3 is 0 Å². The minimum atomic E-state index is -0.187. The Morgan fingerprint density at radius 3 is 2.81 bits per heavy atom. The molecule has 0 aliphatic carbocycles. The van der Waals surface area contributed by atoms with Gasteiger partial charge < -0.3 is 16.0 Å². The molecule has 0 radical (unpaired) electrons. The number of rotatable bonds is 5. The van der Waals surface area contributed by atoms with E-state index in [-0.39, 0.29) is 11.4 Å². The largest absolute Gasteiger partial charge is 0.370 e. The molecule has 1 aliphatic heterocycles. The first kappa shape index (κ1) is 13.5. The smallest absolute Gasteiger partial charge is 0.219 e. The van der Waals surface area contributed by atoms with Gasteiger partial charge in [-0.25, -0.2) is 0 Å². The summed E-state index contributed by atoms with van der Waals surface area (Å²) in [6.07, 6.45) is 4.78. The van der Waals surface area contributed by atoms with Crippen LogP contribution in [-0.4, -0.2) is 43.0 Å². The molecule has 0 bridgehead atoms. The molecule has 3 N–H and O–H groups in total. The highest BCUT2D eigenvalue weighted by atomic mass is 16.1. The van der Waals surface area contributed by atoms with E-state index >= 15 is 0 Å². The molecule has 0 aromatic heterocycles. The van der Waals surface area contributed by atoms with E-state index in [1.54, 1.807) is 0 Å². The van der Waals surface area contributed by atoms with Crippen LogP contribution in [-0.2, 0) is 4.79 Å². The van der Waals surface area contributed by atoms with Crippen molar-refractivity contribution in [3.8, 4) is 0 Å². The number of amides is 1. The van der Waals surface area contributed by atoms with Crippen molar-refractivity contribution in [1.82, 2.24) is 10.2 Å². The molecule has 0 saturated carbocycles. The van der Waals surface area contributed by atoms with Gasteiger partial charge in [0.25, 0.3) is 0 Å². The monoisotopic (exact) mass is 227 g/mol. The van der Waals surface area contributed by atoms with Gasteiger partial charge in [-0.2, -0.15) is 0 Å². The van der Waals surface area contributed by atoms with Gasteiger partial charge in [0.1, 0.15) is 0 Å². The molecule has 1 fully saturated rings. The topological polar surface area (TPSA) is 58.4 Å². The second-order valence-electron chi connectivity index (χ2n) is 5.01. The highest BCUT2D eigenvalue weighted by Gasteiger charge is 2.32. The second-order valence-corrected chi connectivity index (χ2v) is 5.01. The van der Waals surface area contributed by atoms with Gasteiger partial charge in [-0.15, -0.1) is 0 Å². The summed E-state index contributed by atoms with van der Waals surface area (Å²) in [5.41, 5.74) is 5.32. The van der Waals surface area contributed by atoms with Crippen molar-refractivity contribution in [3.05, 3.63) is 0 Å². The van der Waals surface area contributed by atoms with Crippen LogP contribution in [0.3, 0.4) is 0 Å². The molecule has 1 amide bonds. The molecule has 1 saturated heterocycles. The van der Waals surface area contributed by atoms with Gasteiger partial charge in [0.15, 0.2) is 0 Å². The van der Waals surface area contributed by atoms with Gasteiger partial charge in [-0.3, -0.25) is 4.79 Å². The number of nitrogens with two attached hydrogens (primary N) is 1. The van der Waals surface area contributed by atoms with Crippen LogP contribution in [0.4, 0.5) is 0 Å². The lowest BCUT2D eigenvalue weighted by Gasteiger charge is -2.33. The van der Waals surface area contributed by atoms with Gasteiger partial charge in [0.05, 0.1) is 0 Å². The van der Waals surface area contributed by atoms with E-state index in [0.29, 0.717) is 6.42 Å². The first-order valence-corrected chi connectivity index (χ1v) is 6.30. The Morgan fingerprint density at radius 2 is 2.19 bits per heavy atom. The van der Waals surface area contributed by atoms with E-state index in [1.165, 1.54) is 0 Å². The lowest BCUT2D eigenvalue weighted by molar-refractivity contribution is -0.119. The Bertz CT molecular complexity index is 228. The van der Waals surface area contributed by atoms with Crippen molar-refractivity contribution in [2.24, 2.45) is 5.73 Å². The Morgan fingerprint density at radius 1 is 1.44 bits per heavy atom. The van der Waals surface area contributed by atoms with E-state index in [0.717, 1.165) is 45.3 Å². The lowest BCUT2D eigenvalue weighted by atomic mass is 9.86. The summed E-state index contributed by atoms with van der Waals surface area (Å²) in [4.78, 5) is 13.5. The predicted molar refractivity (Wildman–Crippen MR) is 66.2 cm³/mol. The number of nitrogens with one attached hydrogen (secondary N) is 1. The zero-order valence-electron chi connectivity index (χ0n) is 10.6. The summed E-state index contributed by atoms with van der Waals surface area (Å²) < 4.78 is 0. The summed E-state index contributed by atoms with van der Waals surface area (Å²) >= 11 is 0. The molecule has 94 valence electrons. The van der Waals surface area contributed by atoms with Gasteiger partial charge in [-0.05, 0) is 52.4 Å². The average molecular weight is 227 g/mol. The number of hydrogen-bond donors (Lipinski definition) is 2. The van der Waals surface area contributed by atoms with E-state index in [9.17, 15) is 4.79 Å². The second kappa shape index (κ2) is 6.21. The molecule has 16 heavy (non-hydrogen) atoms. The van der Waals surface area contributed by atoms with Crippen molar-refractivity contribution >= 4 is 5.91 Å². The summed E-state index contributed by atoms with van der Waals surface area (Å²) in [5, 5.41) is 3.55. The van der Waals surface area contributed by atoms with Crippen molar-refractivity contribution in [2.45, 2.75) is 44.6 Å². The molecule has 0 aromatic carbocycles. The van der Waals surface area contributed by atoms with Crippen LogP contribution in [0.2, 0.25) is 0 Å². The Labute approximate surface area is 98.6 Å². The summed E-state index contributed by atoms with van der Waals surface area (Å²) in [6.45, 7) is 5.28. The molecule has 1 heterocycles. The number of likely N-dealkylation sites (tertiary alicyclic amines) is 1. The highest BCUT2D eigenvalue weighted by Crippen LogP contribution is 2.25. The van der Waals surface area contributed by atoms with Crippen LogP contribution in [0.5, 0.6) is 0 Å². The fourth-order valence-electron chi connectivity index (χ4n) is 2.47. The molecular formula is C12H25N3O. The summed E-state index contributed by atoms with van der Waals surface area (Å²) in [7, 11) is 2.14. The third kappa shape index (κ3) is 4.10. The normalized spacial score (nSPS) is 27.6. The maximum Gasteiger partial charge on any atom is 0.219 e. The van der Waals surface area contributed by atoms with Gasteiger partial charge in [-0.1, -0.05) is 6.92 Å². The highest BCUT2D eigenvalue weighted by molar-refractivity contribution is 5.75. The van der Waals surface area contributed by atoms with Crippen LogP contribution in [0.25, 0.3) is 0 Å².